The van der Waals surface area contributed by atoms with Gasteiger partial charge < -0.3 is 19.3 Å². The van der Waals surface area contributed by atoms with Crippen LogP contribution >= 0.6 is 11.8 Å². The van der Waals surface area contributed by atoms with Crippen LogP contribution in [-0.4, -0.2) is 44.6 Å². The van der Waals surface area contributed by atoms with Crippen molar-refractivity contribution in [3.05, 3.63) is 29.8 Å². The third-order valence-corrected chi connectivity index (χ3v) is 3.63. The maximum Gasteiger partial charge on any atom is 0.146 e. The molecule has 1 N–H and O–H groups in total. The van der Waals surface area contributed by atoms with Crippen molar-refractivity contribution in [1.82, 2.24) is 0 Å². The van der Waals surface area contributed by atoms with Gasteiger partial charge in [0.25, 0.3) is 0 Å². The molecule has 0 atom stereocenters. The molecule has 114 valence electrons. The van der Waals surface area contributed by atoms with Crippen molar-refractivity contribution < 1.29 is 19.3 Å². The van der Waals surface area contributed by atoms with Crippen LogP contribution in [0.25, 0.3) is 0 Å². The minimum Gasteiger partial charge on any atom is -0.386 e. The van der Waals surface area contributed by atoms with Gasteiger partial charge in [0, 0.05) is 17.8 Å². The van der Waals surface area contributed by atoms with Crippen LogP contribution in [0.5, 0.6) is 0 Å². The van der Waals surface area contributed by atoms with Crippen LogP contribution in [0.4, 0.5) is 0 Å². The van der Waals surface area contributed by atoms with E-state index in [1.165, 1.54) is 4.90 Å². The van der Waals surface area contributed by atoms with Gasteiger partial charge in [0.2, 0.25) is 0 Å². The minimum atomic E-state index is -0.786. The standard InChI is InChI=1S/C15H24O4S/c1-15(2,16)13-4-6-14(7-5-13)20-11-10-19-12-18-9-8-17-3/h4-7,16H,8-12H2,1-3H3. The van der Waals surface area contributed by atoms with E-state index >= 15 is 0 Å². The first-order chi connectivity index (χ1) is 9.54. The molecule has 0 bridgehead atoms. The van der Waals surface area contributed by atoms with Crippen LogP contribution in [0, 0.1) is 0 Å². The summed E-state index contributed by atoms with van der Waals surface area (Å²) in [4.78, 5) is 1.17. The summed E-state index contributed by atoms with van der Waals surface area (Å²) in [7, 11) is 1.64. The van der Waals surface area contributed by atoms with Crippen LogP contribution in [0.15, 0.2) is 29.2 Å². The van der Waals surface area contributed by atoms with E-state index in [9.17, 15) is 5.11 Å². The first kappa shape index (κ1) is 17.5. The zero-order valence-electron chi connectivity index (χ0n) is 12.4. The van der Waals surface area contributed by atoms with Gasteiger partial charge in [-0.05, 0) is 31.5 Å². The fourth-order valence-corrected chi connectivity index (χ4v) is 2.26. The van der Waals surface area contributed by atoms with Gasteiger partial charge in [-0.1, -0.05) is 12.1 Å². The molecule has 0 heterocycles. The Bertz CT molecular complexity index is 359. The molecule has 0 aliphatic carbocycles. The average molecular weight is 300 g/mol. The van der Waals surface area contributed by atoms with Crippen molar-refractivity contribution in [2.24, 2.45) is 0 Å². The van der Waals surface area contributed by atoms with E-state index in [0.717, 1.165) is 11.3 Å². The molecule has 0 amide bonds. The van der Waals surface area contributed by atoms with Crippen molar-refractivity contribution in [3.8, 4) is 0 Å². The Morgan fingerprint density at radius 3 is 2.30 bits per heavy atom. The molecule has 1 aromatic carbocycles. The molecule has 1 aromatic rings. The molecule has 5 heteroatoms. The fourth-order valence-electron chi connectivity index (χ4n) is 1.50. The van der Waals surface area contributed by atoms with Crippen LogP contribution in [0.1, 0.15) is 19.4 Å². The van der Waals surface area contributed by atoms with E-state index in [2.05, 4.69) is 0 Å². The van der Waals surface area contributed by atoms with E-state index < -0.39 is 5.60 Å². The number of thioether (sulfide) groups is 1. The summed E-state index contributed by atoms with van der Waals surface area (Å²) in [5, 5.41) is 9.87. The number of ether oxygens (including phenoxy) is 3. The van der Waals surface area contributed by atoms with Gasteiger partial charge in [-0.25, -0.2) is 0 Å². The molecule has 20 heavy (non-hydrogen) atoms. The predicted molar refractivity (Wildman–Crippen MR) is 81.1 cm³/mol. The second-order valence-electron chi connectivity index (χ2n) is 4.86. The lowest BCUT2D eigenvalue weighted by molar-refractivity contribution is -0.0609. The molecule has 0 spiro atoms. The van der Waals surface area contributed by atoms with Gasteiger partial charge >= 0.3 is 0 Å². The first-order valence-electron chi connectivity index (χ1n) is 6.64. The lowest BCUT2D eigenvalue weighted by Crippen LogP contribution is -2.14. The van der Waals surface area contributed by atoms with Crippen LogP contribution in [-0.2, 0) is 19.8 Å². The van der Waals surface area contributed by atoms with Gasteiger partial charge in [-0.3, -0.25) is 0 Å². The van der Waals surface area contributed by atoms with E-state index in [1.54, 1.807) is 32.7 Å². The zero-order chi connectivity index (χ0) is 14.8. The second kappa shape index (κ2) is 9.37. The highest BCUT2D eigenvalue weighted by Gasteiger charge is 2.14. The maximum atomic E-state index is 9.87. The molecule has 0 aliphatic heterocycles. The van der Waals surface area contributed by atoms with E-state index in [1.807, 2.05) is 24.3 Å². The summed E-state index contributed by atoms with van der Waals surface area (Å²) in [5.74, 6) is 0.871. The topological polar surface area (TPSA) is 47.9 Å². The lowest BCUT2D eigenvalue weighted by Gasteiger charge is -2.17. The number of rotatable bonds is 10. The lowest BCUT2D eigenvalue weighted by atomic mass is 9.99. The van der Waals surface area contributed by atoms with E-state index in [-0.39, 0.29) is 0 Å². The summed E-state index contributed by atoms with van der Waals surface area (Å²) >= 11 is 1.72. The molecule has 0 aromatic heterocycles. The summed E-state index contributed by atoms with van der Waals surface area (Å²) in [6.07, 6.45) is 0. The van der Waals surface area contributed by atoms with Gasteiger partial charge in [-0.2, -0.15) is 0 Å². The molecule has 0 fully saturated rings. The zero-order valence-corrected chi connectivity index (χ0v) is 13.2. The second-order valence-corrected chi connectivity index (χ2v) is 6.03. The largest absolute Gasteiger partial charge is 0.386 e. The molecule has 0 saturated carbocycles. The molecule has 4 nitrogen and oxygen atoms in total. The normalized spacial score (nSPS) is 11.8. The van der Waals surface area contributed by atoms with Gasteiger partial charge in [0.15, 0.2) is 0 Å². The Labute approximate surface area is 125 Å². The van der Waals surface area contributed by atoms with Gasteiger partial charge in [-0.15, -0.1) is 11.8 Å². The molecular weight excluding hydrogens is 276 g/mol. The number of benzene rings is 1. The third-order valence-electron chi connectivity index (χ3n) is 2.66. The monoisotopic (exact) mass is 300 g/mol. The highest BCUT2D eigenvalue weighted by molar-refractivity contribution is 7.99. The summed E-state index contributed by atoms with van der Waals surface area (Å²) < 4.78 is 15.4. The van der Waals surface area contributed by atoms with Crippen LogP contribution in [0.3, 0.4) is 0 Å². The number of aliphatic hydroxyl groups is 1. The first-order valence-corrected chi connectivity index (χ1v) is 7.62. The molecule has 0 aliphatic rings. The van der Waals surface area contributed by atoms with E-state index in [4.69, 9.17) is 14.2 Å². The summed E-state index contributed by atoms with van der Waals surface area (Å²) in [5.41, 5.74) is 0.135. The van der Waals surface area contributed by atoms with Crippen molar-refractivity contribution in [3.63, 3.8) is 0 Å². The molecule has 0 saturated heterocycles. The number of hydrogen-bond donors (Lipinski definition) is 1. The molecular formula is C15H24O4S. The molecule has 0 radical (unpaired) electrons. The number of methoxy groups -OCH3 is 1. The Morgan fingerprint density at radius 1 is 1.05 bits per heavy atom. The minimum absolute atomic E-state index is 0.307. The van der Waals surface area contributed by atoms with Crippen LogP contribution in [0.2, 0.25) is 0 Å². The fraction of sp³-hybridized carbons (Fsp3) is 0.600. The number of hydrogen-bond acceptors (Lipinski definition) is 5. The highest BCUT2D eigenvalue weighted by atomic mass is 32.2. The smallest absolute Gasteiger partial charge is 0.146 e. The Morgan fingerprint density at radius 2 is 1.70 bits per heavy atom. The van der Waals surface area contributed by atoms with Crippen molar-refractivity contribution in [1.29, 1.82) is 0 Å². The summed E-state index contributed by atoms with van der Waals surface area (Å²) in [6, 6.07) is 7.95. The van der Waals surface area contributed by atoms with Gasteiger partial charge in [0.1, 0.15) is 6.79 Å². The Kier molecular flexibility index (Phi) is 8.18. The predicted octanol–water partition coefficient (Wildman–Crippen LogP) is 2.64. The van der Waals surface area contributed by atoms with Crippen molar-refractivity contribution >= 4 is 11.8 Å². The quantitative estimate of drug-likeness (QED) is 0.409. The average Bonchev–Trinajstić information content (AvgIpc) is 2.41. The summed E-state index contributed by atoms with van der Waals surface area (Å²) in [6.45, 7) is 5.67. The van der Waals surface area contributed by atoms with Crippen molar-refractivity contribution in [2.45, 2.75) is 24.3 Å². The Balaban J connectivity index is 2.13. The SMILES string of the molecule is COCCOCOCCSc1ccc(C(C)(C)O)cc1. The Hall–Kier alpha value is -0.590. The van der Waals surface area contributed by atoms with E-state index in [0.29, 0.717) is 26.6 Å². The van der Waals surface area contributed by atoms with Crippen LogP contribution < -0.4 is 0 Å². The molecule has 0 unspecified atom stereocenters. The third kappa shape index (κ3) is 7.26. The molecule has 1 rings (SSSR count). The van der Waals surface area contributed by atoms with Crippen molar-refractivity contribution in [2.75, 3.05) is 39.5 Å². The maximum absolute atomic E-state index is 9.87. The highest BCUT2D eigenvalue weighted by Crippen LogP contribution is 2.23. The van der Waals surface area contributed by atoms with Gasteiger partial charge in [0.05, 0.1) is 25.4 Å².